The standard InChI is InChI=1S/C15H12BrClO2/c1-2-19-14-8-5-11(9-13(14)16)15(18)10-3-6-12(17)7-4-10/h3-9H,2H2,1H3. The summed E-state index contributed by atoms with van der Waals surface area (Å²) in [5.41, 5.74) is 1.22. The van der Waals surface area contributed by atoms with Gasteiger partial charge in [0.15, 0.2) is 5.78 Å². The SMILES string of the molecule is CCOc1ccc(C(=O)c2ccc(Cl)cc2)cc1Br. The zero-order valence-corrected chi connectivity index (χ0v) is 12.7. The van der Waals surface area contributed by atoms with E-state index in [1.54, 1.807) is 42.5 Å². The van der Waals surface area contributed by atoms with Crippen LogP contribution in [0.4, 0.5) is 0 Å². The van der Waals surface area contributed by atoms with Crippen LogP contribution in [0.15, 0.2) is 46.9 Å². The fraction of sp³-hybridized carbons (Fsp3) is 0.133. The van der Waals surface area contributed by atoms with Crippen molar-refractivity contribution in [2.24, 2.45) is 0 Å². The molecule has 0 unspecified atom stereocenters. The maximum absolute atomic E-state index is 12.3. The molecular weight excluding hydrogens is 328 g/mol. The molecule has 2 aromatic carbocycles. The molecule has 0 saturated carbocycles. The lowest BCUT2D eigenvalue weighted by Gasteiger charge is -2.07. The number of halogens is 2. The van der Waals surface area contributed by atoms with Crippen LogP contribution in [0.1, 0.15) is 22.8 Å². The number of ether oxygens (including phenoxy) is 1. The Kier molecular flexibility index (Phi) is 4.61. The van der Waals surface area contributed by atoms with Gasteiger partial charge in [-0.1, -0.05) is 11.6 Å². The Hall–Kier alpha value is -1.32. The molecule has 4 heteroatoms. The van der Waals surface area contributed by atoms with E-state index in [1.165, 1.54) is 0 Å². The van der Waals surface area contributed by atoms with Crippen molar-refractivity contribution in [3.05, 3.63) is 63.1 Å². The average Bonchev–Trinajstić information content (AvgIpc) is 2.41. The van der Waals surface area contributed by atoms with E-state index >= 15 is 0 Å². The van der Waals surface area contributed by atoms with E-state index in [1.807, 2.05) is 6.92 Å². The van der Waals surface area contributed by atoms with Gasteiger partial charge in [-0.3, -0.25) is 4.79 Å². The number of rotatable bonds is 4. The number of hydrogen-bond donors (Lipinski definition) is 0. The van der Waals surface area contributed by atoms with Crippen LogP contribution in [0.2, 0.25) is 5.02 Å². The second-order valence-electron chi connectivity index (χ2n) is 3.91. The minimum atomic E-state index is -0.0413. The van der Waals surface area contributed by atoms with Crippen LogP contribution in [0, 0.1) is 0 Å². The molecule has 2 rings (SSSR count). The number of hydrogen-bond acceptors (Lipinski definition) is 2. The van der Waals surface area contributed by atoms with Gasteiger partial charge in [0.05, 0.1) is 11.1 Å². The van der Waals surface area contributed by atoms with Crippen molar-refractivity contribution < 1.29 is 9.53 Å². The van der Waals surface area contributed by atoms with Crippen molar-refractivity contribution in [2.45, 2.75) is 6.92 Å². The summed E-state index contributed by atoms with van der Waals surface area (Å²) in [5, 5.41) is 0.615. The van der Waals surface area contributed by atoms with Gasteiger partial charge in [-0.25, -0.2) is 0 Å². The zero-order valence-electron chi connectivity index (χ0n) is 10.3. The summed E-state index contributed by atoms with van der Waals surface area (Å²) in [7, 11) is 0. The molecule has 0 aliphatic carbocycles. The molecule has 0 amide bonds. The average molecular weight is 340 g/mol. The first-order chi connectivity index (χ1) is 9.11. The molecule has 0 spiro atoms. The fourth-order valence-corrected chi connectivity index (χ4v) is 2.30. The van der Waals surface area contributed by atoms with Gasteiger partial charge < -0.3 is 4.74 Å². The first-order valence-corrected chi connectivity index (χ1v) is 7.01. The fourth-order valence-electron chi connectivity index (χ4n) is 1.68. The van der Waals surface area contributed by atoms with Crippen molar-refractivity contribution >= 4 is 33.3 Å². The van der Waals surface area contributed by atoms with Crippen molar-refractivity contribution in [2.75, 3.05) is 6.61 Å². The lowest BCUT2D eigenvalue weighted by molar-refractivity contribution is 0.103. The van der Waals surface area contributed by atoms with Crippen molar-refractivity contribution in [1.29, 1.82) is 0 Å². The van der Waals surface area contributed by atoms with E-state index in [2.05, 4.69) is 15.9 Å². The Labute approximate surface area is 125 Å². The summed E-state index contributed by atoms with van der Waals surface area (Å²) in [4.78, 5) is 12.3. The van der Waals surface area contributed by atoms with Gasteiger partial charge in [0.25, 0.3) is 0 Å². The summed E-state index contributed by atoms with van der Waals surface area (Å²) in [6.45, 7) is 2.50. The molecule has 0 aliphatic rings. The van der Waals surface area contributed by atoms with Crippen LogP contribution in [0.25, 0.3) is 0 Å². The summed E-state index contributed by atoms with van der Waals surface area (Å²) in [6.07, 6.45) is 0. The first kappa shape index (κ1) is 14.1. The highest BCUT2D eigenvalue weighted by Gasteiger charge is 2.11. The van der Waals surface area contributed by atoms with Crippen LogP contribution in [0.3, 0.4) is 0 Å². The first-order valence-electron chi connectivity index (χ1n) is 5.84. The van der Waals surface area contributed by atoms with E-state index in [9.17, 15) is 4.79 Å². The molecule has 0 atom stereocenters. The topological polar surface area (TPSA) is 26.3 Å². The molecule has 0 aromatic heterocycles. The van der Waals surface area contributed by atoms with E-state index < -0.39 is 0 Å². The van der Waals surface area contributed by atoms with Gasteiger partial charge in [0.1, 0.15) is 5.75 Å². The number of benzene rings is 2. The molecule has 0 N–H and O–H groups in total. The monoisotopic (exact) mass is 338 g/mol. The lowest BCUT2D eigenvalue weighted by Crippen LogP contribution is -2.02. The van der Waals surface area contributed by atoms with Gasteiger partial charge in [-0.2, -0.15) is 0 Å². The molecule has 0 heterocycles. The maximum atomic E-state index is 12.3. The third kappa shape index (κ3) is 3.37. The van der Waals surface area contributed by atoms with Gasteiger partial charge in [-0.05, 0) is 65.3 Å². The maximum Gasteiger partial charge on any atom is 0.193 e. The summed E-state index contributed by atoms with van der Waals surface area (Å²) in [5.74, 6) is 0.690. The van der Waals surface area contributed by atoms with Gasteiger partial charge >= 0.3 is 0 Å². The number of carbonyl (C=O) groups excluding carboxylic acids is 1. The van der Waals surface area contributed by atoms with Crippen LogP contribution in [0.5, 0.6) is 5.75 Å². The molecule has 0 bridgehead atoms. The van der Waals surface area contributed by atoms with E-state index in [-0.39, 0.29) is 5.78 Å². The minimum Gasteiger partial charge on any atom is -0.493 e. The van der Waals surface area contributed by atoms with Crippen LogP contribution in [-0.2, 0) is 0 Å². The van der Waals surface area contributed by atoms with Gasteiger partial charge in [0, 0.05) is 16.1 Å². The molecule has 0 aliphatic heterocycles. The molecule has 2 aromatic rings. The summed E-state index contributed by atoms with van der Waals surface area (Å²) < 4.78 is 6.19. The minimum absolute atomic E-state index is 0.0413. The van der Waals surface area contributed by atoms with Crippen LogP contribution >= 0.6 is 27.5 Å². The highest BCUT2D eigenvalue weighted by atomic mass is 79.9. The lowest BCUT2D eigenvalue weighted by atomic mass is 10.0. The predicted molar refractivity (Wildman–Crippen MR) is 80.2 cm³/mol. The van der Waals surface area contributed by atoms with Crippen LogP contribution < -0.4 is 4.74 Å². The smallest absolute Gasteiger partial charge is 0.193 e. The van der Waals surface area contributed by atoms with E-state index in [0.29, 0.717) is 22.8 Å². The Morgan fingerprint density at radius 1 is 1.16 bits per heavy atom. The third-order valence-electron chi connectivity index (χ3n) is 2.60. The highest BCUT2D eigenvalue weighted by Crippen LogP contribution is 2.27. The van der Waals surface area contributed by atoms with Gasteiger partial charge in [0.2, 0.25) is 0 Å². The molecule has 2 nitrogen and oxygen atoms in total. The summed E-state index contributed by atoms with van der Waals surface area (Å²) in [6, 6.07) is 12.2. The summed E-state index contributed by atoms with van der Waals surface area (Å²) >= 11 is 9.21. The number of ketones is 1. The second-order valence-corrected chi connectivity index (χ2v) is 5.21. The predicted octanol–water partition coefficient (Wildman–Crippen LogP) is 4.73. The van der Waals surface area contributed by atoms with Gasteiger partial charge in [-0.15, -0.1) is 0 Å². The molecule has 98 valence electrons. The highest BCUT2D eigenvalue weighted by molar-refractivity contribution is 9.10. The van der Waals surface area contributed by atoms with Crippen molar-refractivity contribution in [3.8, 4) is 5.75 Å². The van der Waals surface area contributed by atoms with E-state index in [4.69, 9.17) is 16.3 Å². The van der Waals surface area contributed by atoms with Crippen molar-refractivity contribution in [1.82, 2.24) is 0 Å². The molecule has 19 heavy (non-hydrogen) atoms. The molecule has 0 fully saturated rings. The Balaban J connectivity index is 2.29. The molecular formula is C15H12BrClO2. The number of carbonyl (C=O) groups is 1. The third-order valence-corrected chi connectivity index (χ3v) is 3.47. The van der Waals surface area contributed by atoms with Crippen LogP contribution in [-0.4, -0.2) is 12.4 Å². The largest absolute Gasteiger partial charge is 0.493 e. The Bertz CT molecular complexity index is 594. The Morgan fingerprint density at radius 2 is 1.79 bits per heavy atom. The quantitative estimate of drug-likeness (QED) is 0.753. The second kappa shape index (κ2) is 6.22. The van der Waals surface area contributed by atoms with Crippen molar-refractivity contribution in [3.63, 3.8) is 0 Å². The zero-order chi connectivity index (χ0) is 13.8. The normalized spacial score (nSPS) is 10.3. The Morgan fingerprint density at radius 3 is 2.37 bits per heavy atom. The van der Waals surface area contributed by atoms with E-state index in [0.717, 1.165) is 10.2 Å². The molecule has 0 radical (unpaired) electrons. The molecule has 0 saturated heterocycles.